The number of hydrogen-bond acceptors (Lipinski definition) is 1. The van der Waals surface area contributed by atoms with E-state index in [1.807, 2.05) is 42.5 Å². The summed E-state index contributed by atoms with van der Waals surface area (Å²) in [4.78, 5) is 12.1. The average Bonchev–Trinajstić information content (AvgIpc) is 3.24. The molecule has 0 bridgehead atoms. The standard InChI is InChI=1S/C16H14O/c17-16(14-4-2-1-3-5-14)15-10-8-13(9-11-15)12-6-7-12/h1-5,8-12H,6-7H2. The number of carbonyl (C=O) groups is 1. The lowest BCUT2D eigenvalue weighted by Gasteiger charge is -2.02. The Labute approximate surface area is 101 Å². The second kappa shape index (κ2) is 4.17. The monoisotopic (exact) mass is 222 g/mol. The number of carbonyl (C=O) groups excluding carboxylic acids is 1. The summed E-state index contributed by atoms with van der Waals surface area (Å²) < 4.78 is 0. The van der Waals surface area contributed by atoms with Crippen molar-refractivity contribution in [3.05, 3.63) is 71.3 Å². The van der Waals surface area contributed by atoms with Crippen molar-refractivity contribution in [2.45, 2.75) is 18.8 Å². The zero-order chi connectivity index (χ0) is 11.7. The van der Waals surface area contributed by atoms with Crippen molar-refractivity contribution in [3.8, 4) is 0 Å². The lowest BCUT2D eigenvalue weighted by molar-refractivity contribution is 0.103. The van der Waals surface area contributed by atoms with E-state index >= 15 is 0 Å². The van der Waals surface area contributed by atoms with Crippen molar-refractivity contribution in [2.75, 3.05) is 0 Å². The van der Waals surface area contributed by atoms with Gasteiger partial charge in [0.1, 0.15) is 0 Å². The third-order valence-electron chi connectivity index (χ3n) is 3.26. The smallest absolute Gasteiger partial charge is 0.193 e. The molecule has 0 radical (unpaired) electrons. The molecule has 0 spiro atoms. The zero-order valence-electron chi connectivity index (χ0n) is 9.60. The first kappa shape index (κ1) is 10.3. The maximum Gasteiger partial charge on any atom is 0.193 e. The largest absolute Gasteiger partial charge is 0.289 e. The molecule has 0 aliphatic heterocycles. The van der Waals surface area contributed by atoms with Gasteiger partial charge in [0.2, 0.25) is 0 Å². The van der Waals surface area contributed by atoms with Crippen LogP contribution in [-0.4, -0.2) is 5.78 Å². The molecule has 1 aliphatic carbocycles. The molecule has 3 rings (SSSR count). The van der Waals surface area contributed by atoms with Gasteiger partial charge in [-0.05, 0) is 24.3 Å². The van der Waals surface area contributed by atoms with Crippen molar-refractivity contribution in [1.29, 1.82) is 0 Å². The Bertz CT molecular complexity index is 521. The summed E-state index contributed by atoms with van der Waals surface area (Å²) in [5.41, 5.74) is 2.90. The van der Waals surface area contributed by atoms with Crippen LogP contribution in [0.3, 0.4) is 0 Å². The molecular formula is C16H14O. The van der Waals surface area contributed by atoms with Gasteiger partial charge in [-0.15, -0.1) is 0 Å². The molecule has 0 amide bonds. The van der Waals surface area contributed by atoms with Crippen molar-refractivity contribution >= 4 is 5.78 Å². The Kier molecular flexibility index (Phi) is 2.52. The highest BCUT2D eigenvalue weighted by Gasteiger charge is 2.23. The van der Waals surface area contributed by atoms with Gasteiger partial charge in [-0.25, -0.2) is 0 Å². The second-order valence-corrected chi connectivity index (χ2v) is 4.59. The minimum Gasteiger partial charge on any atom is -0.289 e. The highest BCUT2D eigenvalue weighted by Crippen LogP contribution is 2.39. The van der Waals surface area contributed by atoms with E-state index in [-0.39, 0.29) is 5.78 Å². The molecule has 0 N–H and O–H groups in total. The van der Waals surface area contributed by atoms with Crippen LogP contribution in [0.2, 0.25) is 0 Å². The van der Waals surface area contributed by atoms with E-state index in [1.165, 1.54) is 18.4 Å². The van der Waals surface area contributed by atoms with Crippen LogP contribution in [0.4, 0.5) is 0 Å². The van der Waals surface area contributed by atoms with Crippen LogP contribution in [-0.2, 0) is 0 Å². The molecule has 17 heavy (non-hydrogen) atoms. The third-order valence-corrected chi connectivity index (χ3v) is 3.26. The van der Waals surface area contributed by atoms with E-state index in [4.69, 9.17) is 0 Å². The molecular weight excluding hydrogens is 208 g/mol. The van der Waals surface area contributed by atoms with Gasteiger partial charge in [-0.2, -0.15) is 0 Å². The summed E-state index contributed by atoms with van der Waals surface area (Å²) in [7, 11) is 0. The summed E-state index contributed by atoms with van der Waals surface area (Å²) in [5, 5.41) is 0. The van der Waals surface area contributed by atoms with E-state index in [0.717, 1.165) is 17.0 Å². The summed E-state index contributed by atoms with van der Waals surface area (Å²) in [6, 6.07) is 17.5. The van der Waals surface area contributed by atoms with Gasteiger partial charge >= 0.3 is 0 Å². The SMILES string of the molecule is O=C(c1ccccc1)c1ccc(C2CC2)cc1. The fourth-order valence-corrected chi connectivity index (χ4v) is 2.08. The van der Waals surface area contributed by atoms with Crippen LogP contribution in [0.1, 0.15) is 40.2 Å². The highest BCUT2D eigenvalue weighted by molar-refractivity contribution is 6.08. The molecule has 0 aromatic heterocycles. The van der Waals surface area contributed by atoms with Gasteiger partial charge in [0, 0.05) is 11.1 Å². The molecule has 0 atom stereocenters. The van der Waals surface area contributed by atoms with Crippen LogP contribution in [0.15, 0.2) is 54.6 Å². The predicted molar refractivity (Wildman–Crippen MR) is 68.3 cm³/mol. The Balaban J connectivity index is 1.86. The van der Waals surface area contributed by atoms with Gasteiger partial charge in [0.15, 0.2) is 5.78 Å². The zero-order valence-corrected chi connectivity index (χ0v) is 9.60. The number of benzene rings is 2. The van der Waals surface area contributed by atoms with Crippen molar-refractivity contribution < 1.29 is 4.79 Å². The number of rotatable bonds is 3. The molecule has 1 heteroatoms. The minimum absolute atomic E-state index is 0.105. The predicted octanol–water partition coefficient (Wildman–Crippen LogP) is 3.80. The first-order valence-corrected chi connectivity index (χ1v) is 6.04. The van der Waals surface area contributed by atoms with E-state index in [2.05, 4.69) is 12.1 Å². The molecule has 1 fully saturated rings. The number of hydrogen-bond donors (Lipinski definition) is 0. The molecule has 0 unspecified atom stereocenters. The van der Waals surface area contributed by atoms with Gasteiger partial charge in [0.25, 0.3) is 0 Å². The van der Waals surface area contributed by atoms with Crippen LogP contribution in [0.25, 0.3) is 0 Å². The van der Waals surface area contributed by atoms with E-state index in [9.17, 15) is 4.79 Å². The fourth-order valence-electron chi connectivity index (χ4n) is 2.08. The molecule has 1 nitrogen and oxygen atoms in total. The molecule has 1 aliphatic rings. The van der Waals surface area contributed by atoms with Crippen molar-refractivity contribution in [1.82, 2.24) is 0 Å². The first-order chi connectivity index (χ1) is 8.34. The second-order valence-electron chi connectivity index (χ2n) is 4.59. The fraction of sp³-hybridized carbons (Fsp3) is 0.188. The van der Waals surface area contributed by atoms with Crippen LogP contribution < -0.4 is 0 Å². The Morgan fingerprint density at radius 1 is 0.824 bits per heavy atom. The van der Waals surface area contributed by atoms with Crippen LogP contribution in [0, 0.1) is 0 Å². The van der Waals surface area contributed by atoms with E-state index in [1.54, 1.807) is 0 Å². The Morgan fingerprint density at radius 3 is 2.00 bits per heavy atom. The quantitative estimate of drug-likeness (QED) is 0.722. The summed E-state index contributed by atoms with van der Waals surface area (Å²) in [6.45, 7) is 0. The normalized spacial score (nSPS) is 14.6. The van der Waals surface area contributed by atoms with E-state index in [0.29, 0.717) is 0 Å². The lowest BCUT2D eigenvalue weighted by atomic mass is 10.0. The summed E-state index contributed by atoms with van der Waals surface area (Å²) in [6.07, 6.45) is 2.60. The minimum atomic E-state index is 0.105. The van der Waals surface area contributed by atoms with Gasteiger partial charge in [-0.1, -0.05) is 54.6 Å². The van der Waals surface area contributed by atoms with Crippen molar-refractivity contribution in [2.24, 2.45) is 0 Å². The van der Waals surface area contributed by atoms with Gasteiger partial charge in [-0.3, -0.25) is 4.79 Å². The van der Waals surface area contributed by atoms with Crippen molar-refractivity contribution in [3.63, 3.8) is 0 Å². The first-order valence-electron chi connectivity index (χ1n) is 6.04. The Morgan fingerprint density at radius 2 is 1.41 bits per heavy atom. The Hall–Kier alpha value is -1.89. The van der Waals surface area contributed by atoms with Gasteiger partial charge in [0.05, 0.1) is 0 Å². The third kappa shape index (κ3) is 2.14. The molecule has 1 saturated carbocycles. The average molecular weight is 222 g/mol. The molecule has 0 heterocycles. The maximum absolute atomic E-state index is 12.1. The summed E-state index contributed by atoms with van der Waals surface area (Å²) >= 11 is 0. The molecule has 84 valence electrons. The highest BCUT2D eigenvalue weighted by atomic mass is 16.1. The van der Waals surface area contributed by atoms with Gasteiger partial charge < -0.3 is 0 Å². The molecule has 2 aromatic rings. The summed E-state index contributed by atoms with van der Waals surface area (Å²) in [5.74, 6) is 0.851. The van der Waals surface area contributed by atoms with Crippen LogP contribution >= 0.6 is 0 Å². The molecule has 2 aromatic carbocycles. The number of ketones is 1. The topological polar surface area (TPSA) is 17.1 Å². The molecule has 0 saturated heterocycles. The maximum atomic E-state index is 12.1. The lowest BCUT2D eigenvalue weighted by Crippen LogP contribution is -2.00. The van der Waals surface area contributed by atoms with E-state index < -0.39 is 0 Å². The van der Waals surface area contributed by atoms with Crippen LogP contribution in [0.5, 0.6) is 0 Å².